The van der Waals surface area contributed by atoms with Crippen LogP contribution in [0.2, 0.25) is 5.02 Å². The number of fused-ring (bicyclic) bond motifs is 1. The van der Waals surface area contributed by atoms with Gasteiger partial charge in [-0.2, -0.15) is 0 Å². The first-order valence-corrected chi connectivity index (χ1v) is 7.60. The molecule has 2 aromatic rings. The van der Waals surface area contributed by atoms with Gasteiger partial charge in [0.05, 0.1) is 13.7 Å². The summed E-state index contributed by atoms with van der Waals surface area (Å²) in [6.45, 7) is 0.402. The van der Waals surface area contributed by atoms with Gasteiger partial charge in [-0.1, -0.05) is 17.7 Å². The molecule has 1 atom stereocenters. The predicted octanol–water partition coefficient (Wildman–Crippen LogP) is 3.61. The van der Waals surface area contributed by atoms with Crippen molar-refractivity contribution in [3.63, 3.8) is 0 Å². The smallest absolute Gasteiger partial charge is 0.137 e. The minimum Gasteiger partial charge on any atom is -0.496 e. The number of ether oxygens (including phenoxy) is 1. The largest absolute Gasteiger partial charge is 0.496 e. The standard InChI is InChI=1S/C15H13ClINO2/c1-20-14-5-2-9(16)6-12(14)15(19)8-18-13-7-10(17)3-4-11(13)15/h2-7,18-19H,8H2,1H3. The third-order valence-electron chi connectivity index (χ3n) is 3.57. The van der Waals surface area contributed by atoms with Gasteiger partial charge >= 0.3 is 0 Å². The van der Waals surface area contributed by atoms with Gasteiger partial charge in [0.25, 0.3) is 0 Å². The van der Waals surface area contributed by atoms with E-state index < -0.39 is 5.60 Å². The quantitative estimate of drug-likeness (QED) is 0.756. The molecule has 1 unspecified atom stereocenters. The molecule has 0 aliphatic carbocycles. The normalized spacial score (nSPS) is 20.4. The molecule has 0 bridgehead atoms. The second-order valence-electron chi connectivity index (χ2n) is 4.75. The van der Waals surface area contributed by atoms with Crippen LogP contribution in [-0.2, 0) is 5.60 Å². The van der Waals surface area contributed by atoms with E-state index >= 15 is 0 Å². The second-order valence-corrected chi connectivity index (χ2v) is 6.43. The van der Waals surface area contributed by atoms with Crippen molar-refractivity contribution in [3.8, 4) is 5.75 Å². The van der Waals surface area contributed by atoms with Crippen LogP contribution in [0.1, 0.15) is 11.1 Å². The van der Waals surface area contributed by atoms with Crippen LogP contribution in [0.4, 0.5) is 5.69 Å². The van der Waals surface area contributed by atoms with Crippen LogP contribution in [0.25, 0.3) is 0 Å². The number of aliphatic hydroxyl groups is 1. The van der Waals surface area contributed by atoms with Crippen LogP contribution >= 0.6 is 34.2 Å². The Bertz CT molecular complexity index is 677. The summed E-state index contributed by atoms with van der Waals surface area (Å²) in [6, 6.07) is 11.2. The first kappa shape index (κ1) is 14.0. The van der Waals surface area contributed by atoms with Crippen molar-refractivity contribution in [1.29, 1.82) is 0 Å². The highest BCUT2D eigenvalue weighted by Gasteiger charge is 2.40. The average Bonchev–Trinajstić information content (AvgIpc) is 2.77. The molecule has 0 fully saturated rings. The van der Waals surface area contributed by atoms with Crippen molar-refractivity contribution in [1.82, 2.24) is 0 Å². The Labute approximate surface area is 136 Å². The summed E-state index contributed by atoms with van der Waals surface area (Å²) in [7, 11) is 1.59. The van der Waals surface area contributed by atoms with E-state index in [4.69, 9.17) is 16.3 Å². The van der Waals surface area contributed by atoms with E-state index in [0.29, 0.717) is 22.9 Å². The minimum absolute atomic E-state index is 0.402. The van der Waals surface area contributed by atoms with Gasteiger partial charge in [0.15, 0.2) is 0 Å². The maximum absolute atomic E-state index is 11.1. The summed E-state index contributed by atoms with van der Waals surface area (Å²) >= 11 is 8.33. The molecule has 2 aromatic carbocycles. The fourth-order valence-electron chi connectivity index (χ4n) is 2.59. The zero-order valence-corrected chi connectivity index (χ0v) is 13.7. The third-order valence-corrected chi connectivity index (χ3v) is 4.48. The number of anilines is 1. The number of hydrogen-bond donors (Lipinski definition) is 2. The monoisotopic (exact) mass is 401 g/mol. The number of benzene rings is 2. The molecule has 3 rings (SSSR count). The zero-order valence-electron chi connectivity index (χ0n) is 10.8. The molecule has 1 heterocycles. The van der Waals surface area contributed by atoms with Gasteiger partial charge in [-0.25, -0.2) is 0 Å². The zero-order chi connectivity index (χ0) is 14.3. The van der Waals surface area contributed by atoms with Crippen molar-refractivity contribution in [3.05, 3.63) is 56.1 Å². The van der Waals surface area contributed by atoms with Crippen LogP contribution in [0.15, 0.2) is 36.4 Å². The molecule has 20 heavy (non-hydrogen) atoms. The minimum atomic E-state index is -1.13. The third kappa shape index (κ3) is 2.16. The summed E-state index contributed by atoms with van der Waals surface area (Å²) < 4.78 is 6.49. The Morgan fingerprint density at radius 1 is 1.25 bits per heavy atom. The molecule has 0 saturated carbocycles. The van der Waals surface area contributed by atoms with E-state index in [1.165, 1.54) is 0 Å². The molecule has 0 aromatic heterocycles. The fourth-order valence-corrected chi connectivity index (χ4v) is 3.25. The lowest BCUT2D eigenvalue weighted by Gasteiger charge is -2.25. The van der Waals surface area contributed by atoms with E-state index in [1.807, 2.05) is 18.2 Å². The Kier molecular flexibility index (Phi) is 3.56. The Morgan fingerprint density at radius 2 is 2.05 bits per heavy atom. The molecule has 1 aliphatic heterocycles. The van der Waals surface area contributed by atoms with Gasteiger partial charge < -0.3 is 15.2 Å². The van der Waals surface area contributed by atoms with E-state index in [9.17, 15) is 5.11 Å². The number of hydrogen-bond acceptors (Lipinski definition) is 3. The lowest BCUT2D eigenvalue weighted by atomic mass is 9.87. The van der Waals surface area contributed by atoms with Crippen LogP contribution in [0, 0.1) is 3.57 Å². The molecule has 0 amide bonds. The summed E-state index contributed by atoms with van der Waals surface area (Å²) in [5.41, 5.74) is 1.34. The predicted molar refractivity (Wildman–Crippen MR) is 88.7 cm³/mol. The fraction of sp³-hybridized carbons (Fsp3) is 0.200. The lowest BCUT2D eigenvalue weighted by molar-refractivity contribution is 0.0997. The topological polar surface area (TPSA) is 41.5 Å². The van der Waals surface area contributed by atoms with Gasteiger partial charge in [0.1, 0.15) is 11.4 Å². The molecule has 2 N–H and O–H groups in total. The molecule has 104 valence electrons. The molecular formula is C15H13ClINO2. The van der Waals surface area contributed by atoms with Crippen molar-refractivity contribution >= 4 is 39.9 Å². The highest BCUT2D eigenvalue weighted by Crippen LogP contribution is 2.44. The van der Waals surface area contributed by atoms with Crippen LogP contribution < -0.4 is 10.1 Å². The van der Waals surface area contributed by atoms with E-state index in [0.717, 1.165) is 14.8 Å². The number of halogens is 2. The van der Waals surface area contributed by atoms with Gasteiger partial charge in [-0.15, -0.1) is 0 Å². The molecule has 0 saturated heterocycles. The van der Waals surface area contributed by atoms with Gasteiger partial charge in [-0.3, -0.25) is 0 Å². The maximum Gasteiger partial charge on any atom is 0.137 e. The van der Waals surface area contributed by atoms with Crippen LogP contribution in [-0.4, -0.2) is 18.8 Å². The molecular weight excluding hydrogens is 389 g/mol. The van der Waals surface area contributed by atoms with Gasteiger partial charge in [0, 0.05) is 25.4 Å². The Hall–Kier alpha value is -0.980. The number of rotatable bonds is 2. The maximum atomic E-state index is 11.1. The summed E-state index contributed by atoms with van der Waals surface area (Å²) in [6.07, 6.45) is 0. The van der Waals surface area contributed by atoms with Crippen molar-refractivity contribution < 1.29 is 9.84 Å². The Morgan fingerprint density at radius 3 is 2.80 bits per heavy atom. The summed E-state index contributed by atoms with van der Waals surface area (Å²) in [5.74, 6) is 0.630. The van der Waals surface area contributed by atoms with Crippen LogP contribution in [0.3, 0.4) is 0 Å². The number of β-amino-alcohol motifs (C(OH)–C–C–N with tert-alkyl or cyclic N) is 1. The molecule has 0 spiro atoms. The second kappa shape index (κ2) is 5.09. The first-order chi connectivity index (χ1) is 9.54. The summed E-state index contributed by atoms with van der Waals surface area (Å²) in [4.78, 5) is 0. The highest BCUT2D eigenvalue weighted by molar-refractivity contribution is 14.1. The average molecular weight is 402 g/mol. The van der Waals surface area contributed by atoms with E-state index in [-0.39, 0.29) is 0 Å². The van der Waals surface area contributed by atoms with Crippen molar-refractivity contribution in [2.45, 2.75) is 5.60 Å². The number of methoxy groups -OCH3 is 1. The Balaban J connectivity index is 2.19. The molecule has 5 heteroatoms. The van der Waals surface area contributed by atoms with Crippen LogP contribution in [0.5, 0.6) is 5.75 Å². The summed E-state index contributed by atoms with van der Waals surface area (Å²) in [5, 5.41) is 15.0. The molecule has 1 aliphatic rings. The van der Waals surface area contributed by atoms with E-state index in [2.05, 4.69) is 27.9 Å². The lowest BCUT2D eigenvalue weighted by Crippen LogP contribution is -2.30. The van der Waals surface area contributed by atoms with Crippen molar-refractivity contribution in [2.75, 3.05) is 19.0 Å². The van der Waals surface area contributed by atoms with Gasteiger partial charge in [-0.05, 0) is 52.9 Å². The van der Waals surface area contributed by atoms with Crippen molar-refractivity contribution in [2.24, 2.45) is 0 Å². The SMILES string of the molecule is COc1ccc(Cl)cc1C1(O)CNc2cc(I)ccc21. The number of nitrogens with one attached hydrogen (secondary N) is 1. The van der Waals surface area contributed by atoms with E-state index in [1.54, 1.807) is 25.3 Å². The highest BCUT2D eigenvalue weighted by atomic mass is 127. The molecule has 0 radical (unpaired) electrons. The first-order valence-electron chi connectivity index (χ1n) is 6.15. The van der Waals surface area contributed by atoms with Gasteiger partial charge in [0.2, 0.25) is 0 Å². The molecule has 3 nitrogen and oxygen atoms in total.